The number of hydrogen-bond acceptors (Lipinski definition) is 5. The number of anilines is 1. The van der Waals surface area contributed by atoms with E-state index in [2.05, 4.69) is 5.32 Å². The van der Waals surface area contributed by atoms with Gasteiger partial charge < -0.3 is 5.32 Å². The Morgan fingerprint density at radius 2 is 2.00 bits per heavy atom. The molecule has 6 nitrogen and oxygen atoms in total. The number of nitro groups is 1. The van der Waals surface area contributed by atoms with Crippen molar-refractivity contribution >= 4 is 34.4 Å². The van der Waals surface area contributed by atoms with Crippen LogP contribution in [0.3, 0.4) is 0 Å². The van der Waals surface area contributed by atoms with Gasteiger partial charge in [-0.05, 0) is 17.5 Å². The number of nitro benzene ring substituents is 1. The summed E-state index contributed by atoms with van der Waals surface area (Å²) in [6.07, 6.45) is 0.153. The highest BCUT2D eigenvalue weighted by Crippen LogP contribution is 2.18. The number of nitrogens with one attached hydrogen (secondary N) is 1. The second-order valence-electron chi connectivity index (χ2n) is 4.26. The van der Waals surface area contributed by atoms with Gasteiger partial charge >= 0.3 is 0 Å². The van der Waals surface area contributed by atoms with Gasteiger partial charge in [-0.2, -0.15) is 0 Å². The van der Waals surface area contributed by atoms with Gasteiger partial charge in [0.2, 0.25) is 5.91 Å². The molecule has 108 valence electrons. The molecule has 0 saturated heterocycles. The second-order valence-corrected chi connectivity index (χ2v) is 5.20. The van der Waals surface area contributed by atoms with Crippen molar-refractivity contribution in [3.63, 3.8) is 0 Å². The van der Waals surface area contributed by atoms with Gasteiger partial charge in [0.25, 0.3) is 5.69 Å². The normalized spacial score (nSPS) is 10.1. The van der Waals surface area contributed by atoms with Crippen LogP contribution in [0.15, 0.2) is 41.8 Å². The minimum atomic E-state index is -0.532. The fourth-order valence-corrected chi connectivity index (χ4v) is 2.40. The molecule has 0 spiro atoms. The Morgan fingerprint density at radius 1 is 1.19 bits per heavy atom. The van der Waals surface area contributed by atoms with Crippen LogP contribution in [0.25, 0.3) is 0 Å². The first-order valence-corrected chi connectivity index (χ1v) is 7.05. The number of rotatable bonds is 6. The Kier molecular flexibility index (Phi) is 4.78. The van der Waals surface area contributed by atoms with Crippen LogP contribution >= 0.6 is 11.3 Å². The molecule has 1 aromatic heterocycles. The minimum absolute atomic E-state index is 0.0411. The highest BCUT2D eigenvalue weighted by Gasteiger charge is 2.11. The zero-order valence-electron chi connectivity index (χ0n) is 10.9. The molecule has 0 saturated carbocycles. The summed E-state index contributed by atoms with van der Waals surface area (Å²) in [6.45, 7) is 0. The maximum Gasteiger partial charge on any atom is 0.271 e. The maximum atomic E-state index is 11.7. The van der Waals surface area contributed by atoms with E-state index in [0.29, 0.717) is 10.6 Å². The van der Waals surface area contributed by atoms with Crippen molar-refractivity contribution in [3.05, 3.63) is 56.8 Å². The van der Waals surface area contributed by atoms with Crippen molar-refractivity contribution in [1.82, 2.24) is 0 Å². The number of benzene rings is 1. The Hall–Kier alpha value is -2.54. The third-order valence-electron chi connectivity index (χ3n) is 2.72. The third-order valence-corrected chi connectivity index (χ3v) is 3.63. The van der Waals surface area contributed by atoms with Crippen LogP contribution < -0.4 is 5.32 Å². The zero-order valence-corrected chi connectivity index (χ0v) is 11.8. The lowest BCUT2D eigenvalue weighted by Crippen LogP contribution is -2.13. The van der Waals surface area contributed by atoms with Crippen LogP contribution in [0.4, 0.5) is 11.4 Å². The molecule has 2 aromatic rings. The van der Waals surface area contributed by atoms with E-state index >= 15 is 0 Å². The maximum absolute atomic E-state index is 11.7. The highest BCUT2D eigenvalue weighted by molar-refractivity contribution is 7.12. The third kappa shape index (κ3) is 4.22. The molecule has 0 aliphatic heterocycles. The predicted molar refractivity (Wildman–Crippen MR) is 79.6 cm³/mol. The Morgan fingerprint density at radius 3 is 2.67 bits per heavy atom. The molecule has 0 atom stereocenters. The van der Waals surface area contributed by atoms with Crippen LogP contribution in [0.2, 0.25) is 0 Å². The van der Waals surface area contributed by atoms with Crippen LogP contribution in [0.1, 0.15) is 22.5 Å². The number of carbonyl (C=O) groups excluding carboxylic acids is 2. The van der Waals surface area contributed by atoms with Crippen molar-refractivity contribution in [2.45, 2.75) is 12.8 Å². The van der Waals surface area contributed by atoms with Crippen LogP contribution in [0, 0.1) is 10.1 Å². The fraction of sp³-hybridized carbons (Fsp3) is 0.143. The van der Waals surface area contributed by atoms with Crippen LogP contribution in [-0.4, -0.2) is 16.6 Å². The number of thiophene rings is 1. The van der Waals surface area contributed by atoms with E-state index in [4.69, 9.17) is 0 Å². The highest BCUT2D eigenvalue weighted by atomic mass is 32.1. The molecule has 1 N–H and O–H groups in total. The van der Waals surface area contributed by atoms with E-state index in [1.807, 2.05) is 0 Å². The van der Waals surface area contributed by atoms with Gasteiger partial charge in [-0.15, -0.1) is 11.3 Å². The van der Waals surface area contributed by atoms with Crippen LogP contribution in [0.5, 0.6) is 0 Å². The quantitative estimate of drug-likeness (QED) is 0.504. The number of ketones is 1. The molecular weight excluding hydrogens is 292 g/mol. The van der Waals surface area contributed by atoms with Crippen molar-refractivity contribution < 1.29 is 14.5 Å². The van der Waals surface area contributed by atoms with Gasteiger partial charge in [-0.1, -0.05) is 12.1 Å². The number of carbonyl (C=O) groups is 2. The summed E-state index contributed by atoms with van der Waals surface area (Å²) in [5, 5.41) is 15.0. The van der Waals surface area contributed by atoms with Crippen molar-refractivity contribution in [1.29, 1.82) is 0 Å². The lowest BCUT2D eigenvalue weighted by Gasteiger charge is -2.04. The van der Waals surface area contributed by atoms with Gasteiger partial charge in [-0.3, -0.25) is 19.7 Å². The molecule has 1 amide bonds. The molecule has 0 bridgehead atoms. The Labute approximate surface area is 124 Å². The average Bonchev–Trinajstić information content (AvgIpc) is 2.99. The molecule has 7 heteroatoms. The molecule has 0 unspecified atom stereocenters. The second kappa shape index (κ2) is 6.76. The minimum Gasteiger partial charge on any atom is -0.326 e. The molecule has 0 aliphatic rings. The smallest absolute Gasteiger partial charge is 0.271 e. The van der Waals surface area contributed by atoms with Gasteiger partial charge in [0, 0.05) is 30.7 Å². The predicted octanol–water partition coefficient (Wildman–Crippen LogP) is 3.26. The number of amides is 1. The first kappa shape index (κ1) is 14.9. The number of Topliss-reactive ketones (excluding diaryl/α,β-unsaturated/α-hetero) is 1. The van der Waals surface area contributed by atoms with Crippen molar-refractivity contribution in [2.24, 2.45) is 0 Å². The summed E-state index contributed by atoms with van der Waals surface area (Å²) < 4.78 is 0. The molecule has 1 aromatic carbocycles. The van der Waals surface area contributed by atoms with E-state index in [1.165, 1.54) is 29.5 Å². The Bertz CT molecular complexity index is 667. The summed E-state index contributed by atoms with van der Waals surface area (Å²) in [4.78, 5) is 34.2. The van der Waals surface area contributed by atoms with E-state index in [1.54, 1.807) is 23.6 Å². The summed E-state index contributed by atoms with van der Waals surface area (Å²) in [5.41, 5.74) is 0.250. The van der Waals surface area contributed by atoms with Gasteiger partial charge in [0.1, 0.15) is 0 Å². The lowest BCUT2D eigenvalue weighted by molar-refractivity contribution is -0.384. The van der Waals surface area contributed by atoms with E-state index < -0.39 is 4.92 Å². The van der Waals surface area contributed by atoms with Gasteiger partial charge in [0.05, 0.1) is 9.80 Å². The summed E-state index contributed by atoms with van der Waals surface area (Å²) in [7, 11) is 0. The first-order chi connectivity index (χ1) is 10.1. The molecule has 0 radical (unpaired) electrons. The standard InChI is InChI=1S/C14H12N2O4S/c17-12(13-5-2-8-21-13)6-7-14(18)15-10-3-1-4-11(9-10)16(19)20/h1-5,8-9H,6-7H2,(H,15,18). The SMILES string of the molecule is O=C(CCC(=O)c1cccs1)Nc1cccc([N+](=O)[O-])c1. The number of hydrogen-bond donors (Lipinski definition) is 1. The first-order valence-electron chi connectivity index (χ1n) is 6.17. The topological polar surface area (TPSA) is 89.3 Å². The largest absolute Gasteiger partial charge is 0.326 e. The lowest BCUT2D eigenvalue weighted by atomic mass is 10.2. The fourth-order valence-electron chi connectivity index (χ4n) is 1.71. The average molecular weight is 304 g/mol. The monoisotopic (exact) mass is 304 g/mol. The molecule has 1 heterocycles. The van der Waals surface area contributed by atoms with Crippen molar-refractivity contribution in [2.75, 3.05) is 5.32 Å². The molecule has 0 aliphatic carbocycles. The van der Waals surface area contributed by atoms with E-state index in [9.17, 15) is 19.7 Å². The molecule has 0 fully saturated rings. The van der Waals surface area contributed by atoms with Gasteiger partial charge in [0.15, 0.2) is 5.78 Å². The summed E-state index contributed by atoms with van der Waals surface area (Å²) in [5.74, 6) is -0.431. The molecular formula is C14H12N2O4S. The van der Waals surface area contributed by atoms with E-state index in [0.717, 1.165) is 0 Å². The number of non-ortho nitro benzene ring substituents is 1. The van der Waals surface area contributed by atoms with Crippen molar-refractivity contribution in [3.8, 4) is 0 Å². The molecule has 21 heavy (non-hydrogen) atoms. The van der Waals surface area contributed by atoms with Crippen LogP contribution in [-0.2, 0) is 4.79 Å². The summed E-state index contributed by atoms with van der Waals surface area (Å²) in [6, 6.07) is 9.16. The molecule has 2 rings (SSSR count). The van der Waals surface area contributed by atoms with E-state index in [-0.39, 0.29) is 30.2 Å². The number of nitrogens with zero attached hydrogens (tertiary/aromatic N) is 1. The Balaban J connectivity index is 1.89. The zero-order chi connectivity index (χ0) is 15.2. The van der Waals surface area contributed by atoms with Gasteiger partial charge in [-0.25, -0.2) is 0 Å². The summed E-state index contributed by atoms with van der Waals surface area (Å²) >= 11 is 1.34.